The van der Waals surface area contributed by atoms with Gasteiger partial charge in [-0.15, -0.1) is 11.3 Å². The number of aromatic nitrogens is 3. The van der Waals surface area contributed by atoms with Crippen molar-refractivity contribution in [2.24, 2.45) is 0 Å². The Hall–Kier alpha value is -2.32. The van der Waals surface area contributed by atoms with Gasteiger partial charge in [0.1, 0.15) is 28.5 Å². The molecule has 0 amide bonds. The van der Waals surface area contributed by atoms with Crippen LogP contribution in [0.3, 0.4) is 0 Å². The molecule has 2 aromatic heterocycles. The average Bonchev–Trinajstić information content (AvgIpc) is 3.46. The summed E-state index contributed by atoms with van der Waals surface area (Å²) in [6.45, 7) is 0.396. The average molecular weight is 456 g/mol. The SMILES string of the molecule is S=c1[nH]nc(-c2csc(C3(COc4ccccc4Cl)C=Cc4ccccc43)n2)s1. The summed E-state index contributed by atoms with van der Waals surface area (Å²) in [5.74, 6) is 0.661. The molecular weight excluding hydrogens is 442 g/mol. The normalized spacial score (nSPS) is 17.4. The van der Waals surface area contributed by atoms with Crippen molar-refractivity contribution in [1.29, 1.82) is 0 Å². The number of aromatic amines is 1. The summed E-state index contributed by atoms with van der Waals surface area (Å²) in [6, 6.07) is 15.8. The van der Waals surface area contributed by atoms with Gasteiger partial charge in [0, 0.05) is 5.38 Å². The first-order valence-corrected chi connectivity index (χ1v) is 11.3. The number of para-hydroxylation sites is 1. The van der Waals surface area contributed by atoms with E-state index in [1.165, 1.54) is 22.5 Å². The Bertz CT molecular complexity index is 1280. The van der Waals surface area contributed by atoms with E-state index in [0.717, 1.165) is 15.7 Å². The van der Waals surface area contributed by atoms with E-state index in [0.29, 0.717) is 21.3 Å². The van der Waals surface area contributed by atoms with Crippen molar-refractivity contribution in [2.75, 3.05) is 6.61 Å². The number of hydrogen-bond donors (Lipinski definition) is 1. The maximum Gasteiger partial charge on any atom is 0.176 e. The molecule has 0 radical (unpaired) electrons. The minimum absolute atomic E-state index is 0.396. The number of benzene rings is 2. The van der Waals surface area contributed by atoms with Crippen LogP contribution < -0.4 is 4.74 Å². The first-order valence-electron chi connectivity index (χ1n) is 8.84. The van der Waals surface area contributed by atoms with E-state index >= 15 is 0 Å². The highest BCUT2D eigenvalue weighted by molar-refractivity contribution is 7.73. The van der Waals surface area contributed by atoms with Gasteiger partial charge in [-0.25, -0.2) is 4.98 Å². The maximum atomic E-state index is 6.31. The van der Waals surface area contributed by atoms with Crippen LogP contribution in [-0.4, -0.2) is 21.8 Å². The smallest absolute Gasteiger partial charge is 0.176 e. The van der Waals surface area contributed by atoms with Gasteiger partial charge in [0.2, 0.25) is 0 Å². The molecule has 1 aliphatic rings. The van der Waals surface area contributed by atoms with Crippen LogP contribution in [0.5, 0.6) is 5.75 Å². The van der Waals surface area contributed by atoms with E-state index in [1.54, 1.807) is 11.3 Å². The second-order valence-corrected chi connectivity index (χ2v) is 9.50. The molecular formula is C21H14ClN3OS3. The minimum Gasteiger partial charge on any atom is -0.490 e. The van der Waals surface area contributed by atoms with Crippen molar-refractivity contribution in [3.05, 3.63) is 85.1 Å². The minimum atomic E-state index is -0.490. The van der Waals surface area contributed by atoms with Crippen LogP contribution in [0, 0.1) is 3.95 Å². The van der Waals surface area contributed by atoms with E-state index in [2.05, 4.69) is 34.5 Å². The lowest BCUT2D eigenvalue weighted by molar-refractivity contribution is 0.271. The summed E-state index contributed by atoms with van der Waals surface area (Å²) < 4.78 is 6.84. The van der Waals surface area contributed by atoms with Gasteiger partial charge in [-0.2, -0.15) is 5.10 Å². The molecule has 2 aromatic carbocycles. The Morgan fingerprint density at radius 1 is 1.14 bits per heavy atom. The first-order chi connectivity index (χ1) is 14.2. The van der Waals surface area contributed by atoms with Crippen LogP contribution in [0.15, 0.2) is 60.0 Å². The van der Waals surface area contributed by atoms with Crippen molar-refractivity contribution in [1.82, 2.24) is 15.2 Å². The molecule has 0 spiro atoms. The van der Waals surface area contributed by atoms with Gasteiger partial charge in [-0.1, -0.05) is 71.5 Å². The molecule has 0 fully saturated rings. The van der Waals surface area contributed by atoms with Gasteiger partial charge in [0.15, 0.2) is 8.96 Å². The zero-order valence-electron chi connectivity index (χ0n) is 15.0. The molecule has 0 bridgehead atoms. The first kappa shape index (κ1) is 18.7. The summed E-state index contributed by atoms with van der Waals surface area (Å²) in [6.07, 6.45) is 4.30. The van der Waals surface area contributed by atoms with Gasteiger partial charge >= 0.3 is 0 Å². The topological polar surface area (TPSA) is 50.8 Å². The Morgan fingerprint density at radius 2 is 1.97 bits per heavy atom. The van der Waals surface area contributed by atoms with Gasteiger partial charge in [-0.05, 0) is 35.5 Å². The summed E-state index contributed by atoms with van der Waals surface area (Å²) in [5, 5.41) is 11.4. The van der Waals surface area contributed by atoms with Gasteiger partial charge in [0.05, 0.1) is 5.02 Å². The molecule has 144 valence electrons. The van der Waals surface area contributed by atoms with Crippen LogP contribution in [0.2, 0.25) is 5.02 Å². The predicted molar refractivity (Wildman–Crippen MR) is 122 cm³/mol. The summed E-state index contributed by atoms with van der Waals surface area (Å²) in [7, 11) is 0. The zero-order valence-corrected chi connectivity index (χ0v) is 18.2. The lowest BCUT2D eigenvalue weighted by atomic mass is 9.84. The standard InChI is InChI=1S/C21H14ClN3OS3/c22-15-7-3-4-8-17(15)26-12-21(10-9-13-5-1-2-6-14(13)21)19-23-16(11-28-19)18-24-25-20(27)29-18/h1-11H,12H2,(H,25,27). The van der Waals surface area contributed by atoms with Crippen molar-refractivity contribution in [2.45, 2.75) is 5.41 Å². The number of thiazole rings is 1. The zero-order chi connectivity index (χ0) is 19.8. The third-order valence-electron chi connectivity index (χ3n) is 4.82. The third-order valence-corrected chi connectivity index (χ3v) is 7.27. The predicted octanol–water partition coefficient (Wildman–Crippen LogP) is 6.37. The lowest BCUT2D eigenvalue weighted by Gasteiger charge is -2.27. The largest absolute Gasteiger partial charge is 0.490 e. The number of ether oxygens (including phenoxy) is 1. The second-order valence-electron chi connectivity index (χ2n) is 6.57. The number of nitrogens with zero attached hydrogens (tertiary/aromatic N) is 2. The molecule has 0 saturated heterocycles. The summed E-state index contributed by atoms with van der Waals surface area (Å²) >= 11 is 14.5. The molecule has 29 heavy (non-hydrogen) atoms. The number of halogens is 1. The summed E-state index contributed by atoms with van der Waals surface area (Å²) in [5.41, 5.74) is 2.67. The van der Waals surface area contributed by atoms with E-state index in [1.807, 2.05) is 41.8 Å². The Labute approximate surface area is 185 Å². The van der Waals surface area contributed by atoms with Crippen molar-refractivity contribution < 1.29 is 4.74 Å². The molecule has 2 heterocycles. The van der Waals surface area contributed by atoms with Crippen molar-refractivity contribution >= 4 is 52.6 Å². The van der Waals surface area contributed by atoms with Crippen LogP contribution in [0.4, 0.5) is 0 Å². The molecule has 4 aromatic rings. The quantitative estimate of drug-likeness (QED) is 0.355. The van der Waals surface area contributed by atoms with E-state index in [-0.39, 0.29) is 0 Å². The molecule has 5 rings (SSSR count). The number of rotatable bonds is 5. The molecule has 1 N–H and O–H groups in total. The highest BCUT2D eigenvalue weighted by atomic mass is 35.5. The Balaban J connectivity index is 1.57. The van der Waals surface area contributed by atoms with E-state index in [4.69, 9.17) is 33.5 Å². The van der Waals surface area contributed by atoms with Gasteiger partial charge in [-0.3, -0.25) is 5.10 Å². The van der Waals surface area contributed by atoms with Crippen LogP contribution in [0.25, 0.3) is 16.8 Å². The molecule has 4 nitrogen and oxygen atoms in total. The maximum absolute atomic E-state index is 6.31. The van der Waals surface area contributed by atoms with Crippen molar-refractivity contribution in [3.63, 3.8) is 0 Å². The fraction of sp³-hybridized carbons (Fsp3) is 0.0952. The molecule has 1 aliphatic carbocycles. The highest BCUT2D eigenvalue weighted by Gasteiger charge is 2.40. The molecule has 0 aliphatic heterocycles. The lowest BCUT2D eigenvalue weighted by Crippen LogP contribution is -2.31. The van der Waals surface area contributed by atoms with Crippen LogP contribution >= 0.6 is 46.5 Å². The van der Waals surface area contributed by atoms with Gasteiger partial charge in [0.25, 0.3) is 0 Å². The molecule has 0 saturated carbocycles. The Morgan fingerprint density at radius 3 is 2.79 bits per heavy atom. The van der Waals surface area contributed by atoms with Crippen molar-refractivity contribution in [3.8, 4) is 16.5 Å². The highest BCUT2D eigenvalue weighted by Crippen LogP contribution is 2.44. The number of fused-ring (bicyclic) bond motifs is 1. The van der Waals surface area contributed by atoms with E-state index < -0.39 is 5.41 Å². The Kier molecular flexibility index (Phi) is 4.83. The monoisotopic (exact) mass is 455 g/mol. The number of hydrogen-bond acceptors (Lipinski definition) is 6. The van der Waals surface area contributed by atoms with E-state index in [9.17, 15) is 0 Å². The fourth-order valence-corrected chi connectivity index (χ4v) is 5.51. The van der Waals surface area contributed by atoms with Crippen LogP contribution in [-0.2, 0) is 5.41 Å². The third kappa shape index (κ3) is 3.34. The van der Waals surface area contributed by atoms with Gasteiger partial charge < -0.3 is 4.74 Å². The van der Waals surface area contributed by atoms with Crippen LogP contribution in [0.1, 0.15) is 16.1 Å². The fourth-order valence-electron chi connectivity index (χ4n) is 3.41. The molecule has 8 heteroatoms. The number of H-pyrrole nitrogens is 1. The molecule has 1 atom stereocenters. The second kappa shape index (κ2) is 7.50. The molecule has 1 unspecified atom stereocenters. The summed E-state index contributed by atoms with van der Waals surface area (Å²) in [4.78, 5) is 4.92. The number of nitrogens with one attached hydrogen (secondary N) is 1.